The monoisotopic (exact) mass is 212 g/mol. The summed E-state index contributed by atoms with van der Waals surface area (Å²) >= 11 is 0. The third-order valence-electron chi connectivity index (χ3n) is 3.60. The fourth-order valence-corrected chi connectivity index (χ4v) is 2.52. The van der Waals surface area contributed by atoms with Crippen LogP contribution in [0.5, 0.6) is 0 Å². The number of nitrogens with zero attached hydrogens (tertiary/aromatic N) is 1. The molecule has 0 spiro atoms. The van der Waals surface area contributed by atoms with Gasteiger partial charge in [-0.25, -0.2) is 0 Å². The molecular weight excluding hydrogens is 184 g/mol. The molecule has 0 bridgehead atoms. The van der Waals surface area contributed by atoms with Gasteiger partial charge in [0.1, 0.15) is 0 Å². The predicted molar refractivity (Wildman–Crippen MR) is 67.2 cm³/mol. The van der Waals surface area contributed by atoms with Crippen LogP contribution in [0.4, 0.5) is 0 Å². The first-order valence-electron chi connectivity index (χ1n) is 6.63. The summed E-state index contributed by atoms with van der Waals surface area (Å²) < 4.78 is 0. The van der Waals surface area contributed by atoms with Crippen molar-refractivity contribution in [1.82, 2.24) is 10.2 Å². The van der Waals surface area contributed by atoms with Crippen LogP contribution in [0.3, 0.4) is 0 Å². The van der Waals surface area contributed by atoms with E-state index in [2.05, 4.69) is 37.9 Å². The van der Waals surface area contributed by atoms with Crippen molar-refractivity contribution in [1.29, 1.82) is 0 Å². The highest BCUT2D eigenvalue weighted by molar-refractivity contribution is 4.77. The summed E-state index contributed by atoms with van der Waals surface area (Å²) in [7, 11) is 0. The molecule has 1 N–H and O–H groups in total. The van der Waals surface area contributed by atoms with Gasteiger partial charge in [-0.1, -0.05) is 13.3 Å². The molecule has 1 rings (SSSR count). The van der Waals surface area contributed by atoms with Crippen molar-refractivity contribution in [2.24, 2.45) is 0 Å². The van der Waals surface area contributed by atoms with E-state index in [0.29, 0.717) is 12.1 Å². The van der Waals surface area contributed by atoms with Crippen LogP contribution in [0, 0.1) is 0 Å². The van der Waals surface area contributed by atoms with E-state index in [9.17, 15) is 0 Å². The van der Waals surface area contributed by atoms with Gasteiger partial charge in [0.2, 0.25) is 0 Å². The molecule has 3 atom stereocenters. The van der Waals surface area contributed by atoms with Crippen molar-refractivity contribution in [2.45, 2.75) is 71.5 Å². The molecule has 0 aromatic rings. The summed E-state index contributed by atoms with van der Waals surface area (Å²) in [6.45, 7) is 11.8. The topological polar surface area (TPSA) is 15.3 Å². The van der Waals surface area contributed by atoms with Crippen LogP contribution in [-0.2, 0) is 0 Å². The van der Waals surface area contributed by atoms with Gasteiger partial charge < -0.3 is 10.2 Å². The quantitative estimate of drug-likeness (QED) is 0.773. The normalized spacial score (nSPS) is 32.0. The average Bonchev–Trinajstić information content (AvgIpc) is 2.15. The van der Waals surface area contributed by atoms with Gasteiger partial charge in [0.25, 0.3) is 0 Å². The van der Waals surface area contributed by atoms with Crippen molar-refractivity contribution in [3.63, 3.8) is 0 Å². The number of hydrogen-bond donors (Lipinski definition) is 1. The van der Waals surface area contributed by atoms with E-state index in [-0.39, 0.29) is 0 Å². The Hall–Kier alpha value is -0.0800. The first kappa shape index (κ1) is 13.0. The Balaban J connectivity index is 2.43. The van der Waals surface area contributed by atoms with Gasteiger partial charge in [0.15, 0.2) is 0 Å². The summed E-state index contributed by atoms with van der Waals surface area (Å²) in [5.74, 6) is 0. The molecular formula is C13H28N2. The molecule has 0 saturated carbocycles. The zero-order valence-electron chi connectivity index (χ0n) is 10.9. The largest absolute Gasteiger partial charge is 0.312 e. The van der Waals surface area contributed by atoms with Gasteiger partial charge in [-0.05, 0) is 53.1 Å². The first-order valence-corrected chi connectivity index (χ1v) is 6.63. The number of rotatable bonds is 3. The Morgan fingerprint density at radius 1 is 1.20 bits per heavy atom. The molecule has 0 aliphatic carbocycles. The lowest BCUT2D eigenvalue weighted by atomic mass is 10.1. The molecule has 90 valence electrons. The van der Waals surface area contributed by atoms with Crippen LogP contribution < -0.4 is 5.32 Å². The summed E-state index contributed by atoms with van der Waals surface area (Å²) in [6.07, 6.45) is 5.23. The van der Waals surface area contributed by atoms with Crippen molar-refractivity contribution < 1.29 is 0 Å². The van der Waals surface area contributed by atoms with Gasteiger partial charge >= 0.3 is 0 Å². The minimum absolute atomic E-state index is 0.677. The third-order valence-corrected chi connectivity index (χ3v) is 3.60. The molecule has 15 heavy (non-hydrogen) atoms. The fraction of sp³-hybridized carbons (Fsp3) is 1.00. The van der Waals surface area contributed by atoms with E-state index in [1.807, 2.05) is 0 Å². The minimum atomic E-state index is 0.677. The molecule has 0 aromatic heterocycles. The second-order valence-corrected chi connectivity index (χ2v) is 5.22. The lowest BCUT2D eigenvalue weighted by Crippen LogP contribution is -2.45. The Morgan fingerprint density at radius 2 is 1.73 bits per heavy atom. The van der Waals surface area contributed by atoms with E-state index in [1.54, 1.807) is 0 Å². The third kappa shape index (κ3) is 4.52. The molecule has 1 aliphatic rings. The maximum Gasteiger partial charge on any atom is 0.00668 e. The highest BCUT2D eigenvalue weighted by atomic mass is 15.2. The molecule has 3 unspecified atom stereocenters. The van der Waals surface area contributed by atoms with E-state index >= 15 is 0 Å². The molecule has 0 amide bonds. The van der Waals surface area contributed by atoms with Crippen LogP contribution in [0.2, 0.25) is 0 Å². The molecule has 0 aromatic carbocycles. The van der Waals surface area contributed by atoms with Crippen LogP contribution in [0.15, 0.2) is 0 Å². The van der Waals surface area contributed by atoms with Crippen LogP contribution in [0.1, 0.15) is 53.4 Å². The Labute approximate surface area is 95.4 Å². The summed E-state index contributed by atoms with van der Waals surface area (Å²) in [5.41, 5.74) is 0. The number of hydrogen-bond acceptors (Lipinski definition) is 2. The average molecular weight is 212 g/mol. The van der Waals surface area contributed by atoms with E-state index in [4.69, 9.17) is 0 Å². The second-order valence-electron chi connectivity index (χ2n) is 5.22. The Kier molecular flexibility index (Phi) is 5.62. The highest BCUT2D eigenvalue weighted by Gasteiger charge is 2.18. The van der Waals surface area contributed by atoms with Gasteiger partial charge in [0, 0.05) is 18.1 Å². The number of nitrogens with one attached hydrogen (secondary N) is 1. The van der Waals surface area contributed by atoms with Crippen molar-refractivity contribution in [3.8, 4) is 0 Å². The summed E-state index contributed by atoms with van der Waals surface area (Å²) in [6, 6.07) is 2.13. The van der Waals surface area contributed by atoms with E-state index < -0.39 is 0 Å². The lowest BCUT2D eigenvalue weighted by Gasteiger charge is -2.34. The summed E-state index contributed by atoms with van der Waals surface area (Å²) in [4.78, 5) is 2.68. The van der Waals surface area contributed by atoms with Crippen LogP contribution >= 0.6 is 0 Å². The van der Waals surface area contributed by atoms with E-state index in [0.717, 1.165) is 6.04 Å². The van der Waals surface area contributed by atoms with Crippen LogP contribution in [0.25, 0.3) is 0 Å². The SMILES string of the molecule is CCCC(C)N1CCC(C)NC(C)CC1. The first-order chi connectivity index (χ1) is 7.13. The maximum absolute atomic E-state index is 3.65. The summed E-state index contributed by atoms with van der Waals surface area (Å²) in [5, 5.41) is 3.65. The van der Waals surface area contributed by atoms with Crippen LogP contribution in [-0.4, -0.2) is 36.1 Å². The molecule has 2 nitrogen and oxygen atoms in total. The smallest absolute Gasteiger partial charge is 0.00668 e. The molecule has 1 aliphatic heterocycles. The minimum Gasteiger partial charge on any atom is -0.312 e. The fourth-order valence-electron chi connectivity index (χ4n) is 2.52. The van der Waals surface area contributed by atoms with Gasteiger partial charge in [0.05, 0.1) is 0 Å². The lowest BCUT2D eigenvalue weighted by molar-refractivity contribution is 0.164. The maximum atomic E-state index is 3.65. The molecule has 1 fully saturated rings. The Morgan fingerprint density at radius 3 is 2.20 bits per heavy atom. The van der Waals surface area contributed by atoms with E-state index in [1.165, 1.54) is 38.8 Å². The van der Waals surface area contributed by atoms with Crippen molar-refractivity contribution >= 4 is 0 Å². The van der Waals surface area contributed by atoms with Gasteiger partial charge in [-0.15, -0.1) is 0 Å². The Bertz CT molecular complexity index is 158. The standard InChI is InChI=1S/C13H28N2/c1-5-6-13(4)15-9-7-11(2)14-12(3)8-10-15/h11-14H,5-10H2,1-4H3. The van der Waals surface area contributed by atoms with Crippen molar-refractivity contribution in [2.75, 3.05) is 13.1 Å². The molecule has 1 saturated heterocycles. The molecule has 0 radical (unpaired) electrons. The molecule has 2 heteroatoms. The zero-order chi connectivity index (χ0) is 11.3. The van der Waals surface area contributed by atoms with Gasteiger partial charge in [-0.3, -0.25) is 0 Å². The zero-order valence-corrected chi connectivity index (χ0v) is 10.9. The second kappa shape index (κ2) is 6.49. The predicted octanol–water partition coefficient (Wildman–Crippen LogP) is 2.64. The van der Waals surface area contributed by atoms with Gasteiger partial charge in [-0.2, -0.15) is 0 Å². The van der Waals surface area contributed by atoms with Crippen molar-refractivity contribution in [3.05, 3.63) is 0 Å². The molecule has 1 heterocycles. The highest BCUT2D eigenvalue weighted by Crippen LogP contribution is 2.12.